The second kappa shape index (κ2) is 6.98. The van der Waals surface area contributed by atoms with E-state index in [4.69, 9.17) is 9.47 Å². The molecule has 1 fully saturated rings. The summed E-state index contributed by atoms with van der Waals surface area (Å²) in [7, 11) is 1.67. The Bertz CT molecular complexity index is 254. The summed E-state index contributed by atoms with van der Waals surface area (Å²) >= 11 is 0. The third-order valence-electron chi connectivity index (χ3n) is 3.27. The lowest BCUT2D eigenvalue weighted by atomic mass is 9.84. The maximum atomic E-state index is 11.8. The lowest BCUT2D eigenvalue weighted by molar-refractivity contribution is 0.0415. The zero-order chi connectivity index (χ0) is 13.6. The highest BCUT2D eigenvalue weighted by molar-refractivity contribution is 5.68. The minimum atomic E-state index is -0.450. The average Bonchev–Trinajstić information content (AvgIpc) is 2.27. The van der Waals surface area contributed by atoms with Crippen LogP contribution < -0.4 is 5.32 Å². The van der Waals surface area contributed by atoms with Crippen LogP contribution in [0.15, 0.2) is 0 Å². The van der Waals surface area contributed by atoms with Gasteiger partial charge < -0.3 is 14.8 Å². The van der Waals surface area contributed by atoms with Gasteiger partial charge >= 0.3 is 6.09 Å². The van der Waals surface area contributed by atoms with Crippen molar-refractivity contribution in [1.29, 1.82) is 0 Å². The molecule has 1 rings (SSSR count). The van der Waals surface area contributed by atoms with Gasteiger partial charge in [-0.05, 0) is 39.5 Å². The largest absolute Gasteiger partial charge is 0.444 e. The third-order valence-corrected chi connectivity index (χ3v) is 3.27. The molecule has 1 amide bonds. The van der Waals surface area contributed by atoms with Crippen molar-refractivity contribution in [2.24, 2.45) is 5.92 Å². The monoisotopic (exact) mass is 257 g/mol. The Kier molecular flexibility index (Phi) is 5.93. The zero-order valence-electron chi connectivity index (χ0n) is 12.1. The van der Waals surface area contributed by atoms with Crippen molar-refractivity contribution in [3.8, 4) is 0 Å². The Morgan fingerprint density at radius 2 is 1.89 bits per heavy atom. The number of hydrogen-bond acceptors (Lipinski definition) is 3. The number of methoxy groups -OCH3 is 1. The first-order chi connectivity index (χ1) is 8.42. The fourth-order valence-electron chi connectivity index (χ4n) is 2.47. The quantitative estimate of drug-likeness (QED) is 0.841. The summed E-state index contributed by atoms with van der Waals surface area (Å²) in [5, 5.41) is 2.96. The summed E-state index contributed by atoms with van der Waals surface area (Å²) in [6, 6.07) is 0.0742. The van der Waals surface area contributed by atoms with Gasteiger partial charge in [0.2, 0.25) is 0 Å². The molecule has 0 aromatic rings. The molecule has 4 heteroatoms. The van der Waals surface area contributed by atoms with Gasteiger partial charge in [0.25, 0.3) is 0 Å². The predicted molar refractivity (Wildman–Crippen MR) is 71.6 cm³/mol. The first-order valence-corrected chi connectivity index (χ1v) is 6.91. The van der Waals surface area contributed by atoms with Crippen LogP contribution in [0.4, 0.5) is 4.79 Å². The first kappa shape index (κ1) is 15.3. The van der Waals surface area contributed by atoms with Crippen molar-refractivity contribution in [3.05, 3.63) is 0 Å². The maximum absolute atomic E-state index is 11.8. The second-order valence-corrected chi connectivity index (χ2v) is 6.11. The van der Waals surface area contributed by atoms with E-state index in [-0.39, 0.29) is 12.1 Å². The minimum Gasteiger partial charge on any atom is -0.444 e. The molecule has 0 unspecified atom stereocenters. The Morgan fingerprint density at radius 1 is 1.28 bits per heavy atom. The highest BCUT2D eigenvalue weighted by Gasteiger charge is 2.27. The number of carbonyl (C=O) groups is 1. The van der Waals surface area contributed by atoms with Crippen molar-refractivity contribution in [1.82, 2.24) is 5.32 Å². The van der Waals surface area contributed by atoms with E-state index in [1.54, 1.807) is 7.11 Å². The SMILES string of the molecule is COC[C@@H](NC(=O)OC(C)(C)C)C1CCCCC1. The van der Waals surface area contributed by atoms with Crippen LogP contribution in [-0.2, 0) is 9.47 Å². The van der Waals surface area contributed by atoms with Crippen LogP contribution in [0.25, 0.3) is 0 Å². The normalized spacial score (nSPS) is 19.3. The first-order valence-electron chi connectivity index (χ1n) is 6.91. The Morgan fingerprint density at radius 3 is 2.39 bits per heavy atom. The number of amides is 1. The third kappa shape index (κ3) is 5.71. The fourth-order valence-corrected chi connectivity index (χ4v) is 2.47. The van der Waals surface area contributed by atoms with Crippen LogP contribution in [-0.4, -0.2) is 31.5 Å². The molecule has 0 radical (unpaired) electrons. The van der Waals surface area contributed by atoms with Crippen LogP contribution in [0.2, 0.25) is 0 Å². The molecule has 0 saturated heterocycles. The predicted octanol–water partition coefficient (Wildman–Crippen LogP) is 3.11. The molecule has 0 aliphatic heterocycles. The number of alkyl carbamates (subject to hydrolysis) is 1. The van der Waals surface area contributed by atoms with Gasteiger partial charge in [0, 0.05) is 7.11 Å². The topological polar surface area (TPSA) is 47.6 Å². The molecule has 0 heterocycles. The molecule has 1 N–H and O–H groups in total. The summed E-state index contributed by atoms with van der Waals surface area (Å²) in [6.45, 7) is 6.18. The molecule has 1 aliphatic rings. The zero-order valence-corrected chi connectivity index (χ0v) is 12.1. The fraction of sp³-hybridized carbons (Fsp3) is 0.929. The van der Waals surface area contributed by atoms with E-state index in [1.807, 2.05) is 20.8 Å². The number of rotatable bonds is 4. The van der Waals surface area contributed by atoms with Gasteiger partial charge in [-0.25, -0.2) is 4.79 Å². The molecule has 18 heavy (non-hydrogen) atoms. The van der Waals surface area contributed by atoms with Gasteiger partial charge in [-0.15, -0.1) is 0 Å². The molecule has 1 saturated carbocycles. The standard InChI is InChI=1S/C14H27NO3/c1-14(2,3)18-13(16)15-12(10-17-4)11-8-6-5-7-9-11/h11-12H,5-10H2,1-4H3,(H,15,16)/t12-/m1/s1. The highest BCUT2D eigenvalue weighted by Crippen LogP contribution is 2.26. The molecule has 0 spiro atoms. The highest BCUT2D eigenvalue weighted by atomic mass is 16.6. The van der Waals surface area contributed by atoms with Gasteiger partial charge in [0.1, 0.15) is 5.60 Å². The average molecular weight is 257 g/mol. The smallest absolute Gasteiger partial charge is 0.407 e. The lowest BCUT2D eigenvalue weighted by Crippen LogP contribution is -2.46. The molecule has 0 aromatic carbocycles. The number of carbonyl (C=O) groups excluding carboxylic acids is 1. The summed E-state index contributed by atoms with van der Waals surface area (Å²) < 4.78 is 10.5. The van der Waals surface area contributed by atoms with Gasteiger partial charge in [0.15, 0.2) is 0 Å². The Hall–Kier alpha value is -0.770. The van der Waals surface area contributed by atoms with Crippen LogP contribution in [0.3, 0.4) is 0 Å². The Labute approximate surface area is 110 Å². The van der Waals surface area contributed by atoms with Gasteiger partial charge in [0.05, 0.1) is 12.6 Å². The molecule has 0 bridgehead atoms. The van der Waals surface area contributed by atoms with E-state index in [2.05, 4.69) is 5.32 Å². The molecule has 106 valence electrons. The summed E-state index contributed by atoms with van der Waals surface area (Å²) in [6.07, 6.45) is 5.81. The van der Waals surface area contributed by atoms with Crippen LogP contribution >= 0.6 is 0 Å². The van der Waals surface area contributed by atoms with Crippen molar-refractivity contribution >= 4 is 6.09 Å². The molecule has 0 aromatic heterocycles. The Balaban J connectivity index is 2.48. The second-order valence-electron chi connectivity index (χ2n) is 6.11. The number of ether oxygens (including phenoxy) is 2. The van der Waals surface area contributed by atoms with Gasteiger partial charge in [-0.2, -0.15) is 0 Å². The van der Waals surface area contributed by atoms with E-state index >= 15 is 0 Å². The summed E-state index contributed by atoms with van der Waals surface area (Å²) in [5.74, 6) is 0.520. The van der Waals surface area contributed by atoms with Crippen LogP contribution in [0, 0.1) is 5.92 Å². The summed E-state index contributed by atoms with van der Waals surface area (Å²) in [4.78, 5) is 11.8. The van der Waals surface area contributed by atoms with E-state index in [0.717, 1.165) is 0 Å². The van der Waals surface area contributed by atoms with E-state index in [9.17, 15) is 4.79 Å². The van der Waals surface area contributed by atoms with E-state index in [0.29, 0.717) is 12.5 Å². The van der Waals surface area contributed by atoms with Crippen molar-refractivity contribution < 1.29 is 14.3 Å². The van der Waals surface area contributed by atoms with Gasteiger partial charge in [-0.3, -0.25) is 0 Å². The minimum absolute atomic E-state index is 0.0742. The molecule has 1 atom stereocenters. The molecular weight excluding hydrogens is 230 g/mol. The maximum Gasteiger partial charge on any atom is 0.407 e. The molecule has 1 aliphatic carbocycles. The number of hydrogen-bond donors (Lipinski definition) is 1. The van der Waals surface area contributed by atoms with Crippen LogP contribution in [0.1, 0.15) is 52.9 Å². The number of nitrogens with one attached hydrogen (secondary N) is 1. The van der Waals surface area contributed by atoms with Crippen LogP contribution in [0.5, 0.6) is 0 Å². The van der Waals surface area contributed by atoms with Crippen molar-refractivity contribution in [2.45, 2.75) is 64.5 Å². The van der Waals surface area contributed by atoms with Crippen molar-refractivity contribution in [2.75, 3.05) is 13.7 Å². The summed E-state index contributed by atoms with van der Waals surface area (Å²) in [5.41, 5.74) is -0.450. The molecular formula is C14H27NO3. The molecule has 4 nitrogen and oxygen atoms in total. The van der Waals surface area contributed by atoms with Gasteiger partial charge in [-0.1, -0.05) is 19.3 Å². The van der Waals surface area contributed by atoms with Crippen molar-refractivity contribution in [3.63, 3.8) is 0 Å². The van der Waals surface area contributed by atoms with E-state index in [1.165, 1.54) is 32.1 Å². The van der Waals surface area contributed by atoms with E-state index < -0.39 is 5.60 Å². The lowest BCUT2D eigenvalue weighted by Gasteiger charge is -2.31.